The van der Waals surface area contributed by atoms with E-state index in [4.69, 9.17) is 0 Å². The van der Waals surface area contributed by atoms with Gasteiger partial charge in [-0.2, -0.15) is 4.98 Å². The van der Waals surface area contributed by atoms with E-state index in [-0.39, 0.29) is 53.2 Å². The van der Waals surface area contributed by atoms with Crippen LogP contribution < -0.4 is 15.4 Å². The van der Waals surface area contributed by atoms with E-state index in [1.807, 2.05) is 0 Å². The number of likely N-dealkylation sites (tertiary alicyclic amines) is 1. The number of rotatable bonds is 10. The van der Waals surface area contributed by atoms with Crippen LogP contribution in [0.3, 0.4) is 0 Å². The van der Waals surface area contributed by atoms with Crippen LogP contribution in [0.25, 0.3) is 0 Å². The van der Waals surface area contributed by atoms with Crippen molar-refractivity contribution in [2.75, 3.05) is 37.8 Å². The second-order valence-electron chi connectivity index (χ2n) is 10.4. The molecule has 1 aliphatic carbocycles. The van der Waals surface area contributed by atoms with Crippen molar-refractivity contribution in [2.24, 2.45) is 5.92 Å². The van der Waals surface area contributed by atoms with Gasteiger partial charge in [0.2, 0.25) is 17.7 Å². The first-order valence-electron chi connectivity index (χ1n) is 13.3. The lowest BCUT2D eigenvalue weighted by Crippen LogP contribution is -2.48. The molecule has 0 bridgehead atoms. The summed E-state index contributed by atoms with van der Waals surface area (Å²) in [5, 5.41) is 17.5. The Balaban J connectivity index is 1.35. The number of amides is 1. The summed E-state index contributed by atoms with van der Waals surface area (Å²) in [6.07, 6.45) is 1.85. The van der Waals surface area contributed by atoms with Crippen molar-refractivity contribution in [3.05, 3.63) is 46.1 Å². The Morgan fingerprint density at radius 2 is 1.90 bits per heavy atom. The molecule has 1 saturated carbocycles. The molecule has 1 aromatic heterocycles. The van der Waals surface area contributed by atoms with Gasteiger partial charge in [-0.1, -0.05) is 18.2 Å². The molecule has 1 aromatic carbocycles. The fourth-order valence-corrected chi connectivity index (χ4v) is 5.48. The number of nitro groups is 1. The summed E-state index contributed by atoms with van der Waals surface area (Å²) in [4.78, 5) is 35.8. The number of ether oxygens (including phenoxy) is 1. The fourth-order valence-electron chi connectivity index (χ4n) is 5.48. The van der Waals surface area contributed by atoms with Crippen LogP contribution in [0.1, 0.15) is 44.1 Å². The SMILES string of the molecule is CN(C)C(=O)[C@@H]1CCCN1[C@H]1CC[C@H](CNc2nc(NCc3ccccc3OC(F)(F)F)ncc2[N+](=O)[O-])CC1. The Morgan fingerprint density at radius 3 is 2.58 bits per heavy atom. The van der Waals surface area contributed by atoms with Crippen molar-refractivity contribution in [1.29, 1.82) is 0 Å². The van der Waals surface area contributed by atoms with Gasteiger partial charge in [0.25, 0.3) is 0 Å². The second-order valence-corrected chi connectivity index (χ2v) is 10.4. The molecular weight excluding hydrogens is 531 g/mol. The number of aromatic nitrogens is 2. The molecule has 0 radical (unpaired) electrons. The summed E-state index contributed by atoms with van der Waals surface area (Å²) in [6.45, 7) is 1.32. The fraction of sp³-hybridized carbons (Fsp3) is 0.577. The number of benzene rings is 1. The van der Waals surface area contributed by atoms with Crippen molar-refractivity contribution < 1.29 is 27.6 Å². The van der Waals surface area contributed by atoms with Crippen molar-refractivity contribution >= 4 is 23.4 Å². The minimum Gasteiger partial charge on any atom is -0.405 e. The minimum atomic E-state index is -4.84. The van der Waals surface area contributed by atoms with E-state index in [0.717, 1.165) is 51.3 Å². The van der Waals surface area contributed by atoms with E-state index < -0.39 is 11.3 Å². The third kappa shape index (κ3) is 7.49. The van der Waals surface area contributed by atoms with Gasteiger partial charge >= 0.3 is 12.0 Å². The maximum absolute atomic E-state index is 12.7. The number of hydrogen-bond acceptors (Lipinski definition) is 9. The largest absolute Gasteiger partial charge is 0.573 e. The van der Waals surface area contributed by atoms with Crippen LogP contribution in [0.2, 0.25) is 0 Å². The van der Waals surface area contributed by atoms with Crippen molar-refractivity contribution in [3.63, 3.8) is 0 Å². The number of nitrogens with zero attached hydrogens (tertiary/aromatic N) is 5. The van der Waals surface area contributed by atoms with Gasteiger partial charge in [-0.05, 0) is 57.1 Å². The lowest BCUT2D eigenvalue weighted by molar-refractivity contribution is -0.384. The van der Waals surface area contributed by atoms with Crippen LogP contribution in [0.5, 0.6) is 5.75 Å². The Labute approximate surface area is 230 Å². The third-order valence-corrected chi connectivity index (χ3v) is 7.46. The van der Waals surface area contributed by atoms with Gasteiger partial charge in [0.15, 0.2) is 0 Å². The van der Waals surface area contributed by atoms with E-state index in [1.54, 1.807) is 25.1 Å². The van der Waals surface area contributed by atoms with Gasteiger partial charge in [-0.25, -0.2) is 4.98 Å². The molecule has 218 valence electrons. The second kappa shape index (κ2) is 12.7. The van der Waals surface area contributed by atoms with Gasteiger partial charge < -0.3 is 20.3 Å². The van der Waals surface area contributed by atoms with E-state index in [2.05, 4.69) is 30.2 Å². The van der Waals surface area contributed by atoms with Gasteiger partial charge in [-0.3, -0.25) is 19.8 Å². The van der Waals surface area contributed by atoms with Gasteiger partial charge in [-0.15, -0.1) is 13.2 Å². The van der Waals surface area contributed by atoms with Crippen LogP contribution in [0, 0.1) is 16.0 Å². The molecule has 2 aromatic rings. The summed E-state index contributed by atoms with van der Waals surface area (Å²) < 4.78 is 42.2. The lowest BCUT2D eigenvalue weighted by Gasteiger charge is -2.38. The molecular formula is C26H34F3N7O4. The van der Waals surface area contributed by atoms with Crippen molar-refractivity contribution in [1.82, 2.24) is 19.8 Å². The zero-order valence-corrected chi connectivity index (χ0v) is 22.5. The smallest absolute Gasteiger partial charge is 0.405 e. The molecule has 1 amide bonds. The molecule has 1 atom stereocenters. The molecule has 1 saturated heterocycles. The molecule has 2 heterocycles. The highest BCUT2D eigenvalue weighted by Crippen LogP contribution is 2.33. The number of hydrogen-bond donors (Lipinski definition) is 2. The summed E-state index contributed by atoms with van der Waals surface area (Å²) in [6, 6.07) is 5.96. The Morgan fingerprint density at radius 1 is 1.18 bits per heavy atom. The number of para-hydroxylation sites is 1. The van der Waals surface area contributed by atoms with Crippen LogP contribution in [-0.4, -0.2) is 76.2 Å². The van der Waals surface area contributed by atoms with Crippen molar-refractivity contribution in [2.45, 2.75) is 63.5 Å². The average Bonchev–Trinajstić information content (AvgIpc) is 3.40. The normalized spacial score (nSPS) is 21.6. The maximum Gasteiger partial charge on any atom is 0.573 e. The van der Waals surface area contributed by atoms with Crippen LogP contribution in [0.15, 0.2) is 30.5 Å². The summed E-state index contributed by atoms with van der Waals surface area (Å²) in [7, 11) is 3.58. The van der Waals surface area contributed by atoms with Crippen LogP contribution in [-0.2, 0) is 11.3 Å². The number of anilines is 2. The molecule has 40 heavy (non-hydrogen) atoms. The number of carbonyl (C=O) groups is 1. The third-order valence-electron chi connectivity index (χ3n) is 7.46. The van der Waals surface area contributed by atoms with E-state index in [0.29, 0.717) is 12.6 Å². The number of carbonyl (C=O) groups excluding carboxylic acids is 1. The first kappa shape index (κ1) is 29.3. The molecule has 2 fully saturated rings. The van der Waals surface area contributed by atoms with Gasteiger partial charge in [0.05, 0.1) is 11.0 Å². The average molecular weight is 566 g/mol. The lowest BCUT2D eigenvalue weighted by atomic mass is 9.85. The molecule has 1 aliphatic heterocycles. The molecule has 0 unspecified atom stereocenters. The zero-order chi connectivity index (χ0) is 28.9. The predicted octanol–water partition coefficient (Wildman–Crippen LogP) is 4.42. The topological polar surface area (TPSA) is 126 Å². The summed E-state index contributed by atoms with van der Waals surface area (Å²) in [5.74, 6) is 0.145. The van der Waals surface area contributed by atoms with E-state index >= 15 is 0 Å². The zero-order valence-electron chi connectivity index (χ0n) is 22.5. The monoisotopic (exact) mass is 565 g/mol. The maximum atomic E-state index is 12.7. The number of likely N-dealkylation sites (N-methyl/N-ethyl adjacent to an activating group) is 1. The Hall–Kier alpha value is -3.68. The first-order chi connectivity index (χ1) is 19.0. The Bertz CT molecular complexity index is 1190. The van der Waals surface area contributed by atoms with Crippen LogP contribution in [0.4, 0.5) is 30.6 Å². The minimum absolute atomic E-state index is 0.0317. The molecule has 14 heteroatoms. The highest BCUT2D eigenvalue weighted by molar-refractivity contribution is 5.81. The molecule has 11 nitrogen and oxygen atoms in total. The highest BCUT2D eigenvalue weighted by Gasteiger charge is 2.37. The standard InChI is InChI=1S/C26H34F3N7O4/c1-34(2)24(37)20-7-5-13-35(20)19-11-9-17(10-12-19)14-30-23-21(36(38)39)16-32-25(33-23)31-15-18-6-3-4-8-22(18)40-26(27,28)29/h3-4,6,8,16-17,19-20H,5,7,9-15H2,1-2H3,(H2,30,31,32,33)/t17-,19-,20-/m0/s1. The van der Waals surface area contributed by atoms with Gasteiger partial charge in [0, 0.05) is 38.8 Å². The quantitative estimate of drug-likeness (QED) is 0.318. The van der Waals surface area contributed by atoms with Crippen molar-refractivity contribution in [3.8, 4) is 5.75 Å². The predicted molar refractivity (Wildman–Crippen MR) is 142 cm³/mol. The summed E-state index contributed by atoms with van der Waals surface area (Å²) >= 11 is 0. The number of alkyl halides is 3. The molecule has 2 N–H and O–H groups in total. The van der Waals surface area contributed by atoms with Gasteiger partial charge in [0.1, 0.15) is 11.9 Å². The van der Waals surface area contributed by atoms with E-state index in [9.17, 15) is 28.1 Å². The molecule has 0 spiro atoms. The summed E-state index contributed by atoms with van der Waals surface area (Å²) in [5.41, 5.74) is -0.0669. The Kier molecular flexibility index (Phi) is 9.28. The molecule has 2 aliphatic rings. The van der Waals surface area contributed by atoms with E-state index in [1.165, 1.54) is 18.2 Å². The number of halogens is 3. The first-order valence-corrected chi connectivity index (χ1v) is 13.3. The highest BCUT2D eigenvalue weighted by atomic mass is 19.4. The van der Waals surface area contributed by atoms with Crippen LogP contribution >= 0.6 is 0 Å². The molecule has 4 rings (SSSR count). The number of nitrogens with one attached hydrogen (secondary N) is 2.